The van der Waals surface area contributed by atoms with Gasteiger partial charge in [-0.05, 0) is 58.7 Å². The number of nitriles is 1. The summed E-state index contributed by atoms with van der Waals surface area (Å²) in [5, 5.41) is 9.47. The zero-order valence-corrected chi connectivity index (χ0v) is 28.0. The van der Waals surface area contributed by atoms with Crippen molar-refractivity contribution in [2.45, 2.75) is 5.41 Å². The van der Waals surface area contributed by atoms with Crippen molar-refractivity contribution in [1.29, 1.82) is 5.26 Å². The summed E-state index contributed by atoms with van der Waals surface area (Å²) >= 11 is 0. The Balaban J connectivity index is 1.28. The molecule has 5 heteroatoms. The molecule has 0 bridgehead atoms. The molecule has 1 aromatic heterocycles. The van der Waals surface area contributed by atoms with Crippen LogP contribution in [0.15, 0.2) is 182 Å². The second kappa shape index (κ2) is 12.9. The van der Waals surface area contributed by atoms with Crippen LogP contribution < -0.4 is 4.74 Å². The Hall–Kier alpha value is -7.16. The SMILES string of the molecule is N#Cc1ccc(-c2nc(-c3ccc(-c4ccccc4)cc3)nc(-c3cccc4c3Oc3ccccc3C4(c3ccccc3)c3ccccc3)n2)cc1. The first-order chi connectivity index (χ1) is 25.7. The molecule has 0 saturated heterocycles. The molecule has 0 radical (unpaired) electrons. The maximum absolute atomic E-state index is 9.47. The van der Waals surface area contributed by atoms with E-state index in [1.165, 1.54) is 0 Å². The second-order valence-corrected chi connectivity index (χ2v) is 12.7. The fourth-order valence-corrected chi connectivity index (χ4v) is 7.29. The van der Waals surface area contributed by atoms with E-state index in [2.05, 4.69) is 103 Å². The fourth-order valence-electron chi connectivity index (χ4n) is 7.29. The average molecular weight is 667 g/mol. The van der Waals surface area contributed by atoms with Gasteiger partial charge in [-0.2, -0.15) is 5.26 Å². The van der Waals surface area contributed by atoms with E-state index in [1.54, 1.807) is 12.1 Å². The van der Waals surface area contributed by atoms with Gasteiger partial charge in [0.2, 0.25) is 0 Å². The van der Waals surface area contributed by atoms with Crippen LogP contribution in [0.3, 0.4) is 0 Å². The summed E-state index contributed by atoms with van der Waals surface area (Å²) in [6.45, 7) is 0. The minimum atomic E-state index is -0.679. The van der Waals surface area contributed by atoms with Crippen LogP contribution in [0.5, 0.6) is 11.5 Å². The maximum Gasteiger partial charge on any atom is 0.167 e. The predicted octanol–water partition coefficient (Wildman–Crippen LogP) is 10.9. The Labute approximate surface area is 302 Å². The minimum Gasteiger partial charge on any atom is -0.456 e. The first kappa shape index (κ1) is 30.9. The van der Waals surface area contributed by atoms with Gasteiger partial charge in [-0.3, -0.25) is 0 Å². The Kier molecular flexibility index (Phi) is 7.68. The molecular weight excluding hydrogens is 637 g/mol. The molecule has 2 heterocycles. The van der Waals surface area contributed by atoms with Gasteiger partial charge < -0.3 is 4.74 Å². The molecule has 0 aliphatic carbocycles. The molecule has 1 aliphatic rings. The molecule has 8 aromatic rings. The number of aromatic nitrogens is 3. The van der Waals surface area contributed by atoms with Crippen LogP contribution in [0.4, 0.5) is 0 Å². The highest BCUT2D eigenvalue weighted by Crippen LogP contribution is 2.57. The second-order valence-electron chi connectivity index (χ2n) is 12.7. The lowest BCUT2D eigenvalue weighted by atomic mass is 9.63. The van der Waals surface area contributed by atoms with E-state index in [9.17, 15) is 5.26 Å². The highest BCUT2D eigenvalue weighted by molar-refractivity contribution is 5.79. The molecule has 0 atom stereocenters. The Morgan fingerprint density at radius 3 is 1.52 bits per heavy atom. The molecule has 52 heavy (non-hydrogen) atoms. The zero-order valence-electron chi connectivity index (χ0n) is 28.0. The van der Waals surface area contributed by atoms with Crippen LogP contribution in [0.2, 0.25) is 0 Å². The number of fused-ring (bicyclic) bond motifs is 2. The predicted molar refractivity (Wildman–Crippen MR) is 205 cm³/mol. The van der Waals surface area contributed by atoms with E-state index in [4.69, 9.17) is 19.7 Å². The van der Waals surface area contributed by atoms with Crippen molar-refractivity contribution in [3.05, 3.63) is 210 Å². The van der Waals surface area contributed by atoms with E-state index in [0.29, 0.717) is 28.8 Å². The van der Waals surface area contributed by atoms with E-state index in [-0.39, 0.29) is 0 Å². The number of hydrogen-bond donors (Lipinski definition) is 0. The van der Waals surface area contributed by atoms with Crippen LogP contribution in [-0.4, -0.2) is 15.0 Å². The molecule has 5 nitrogen and oxygen atoms in total. The lowest BCUT2D eigenvalue weighted by molar-refractivity contribution is 0.436. The number of nitrogens with zero attached hydrogens (tertiary/aromatic N) is 4. The third-order valence-electron chi connectivity index (χ3n) is 9.73. The molecule has 0 spiro atoms. The molecule has 0 N–H and O–H groups in total. The Bertz CT molecular complexity index is 2540. The number of ether oxygens (including phenoxy) is 1. The van der Waals surface area contributed by atoms with Gasteiger partial charge in [-0.15, -0.1) is 0 Å². The van der Waals surface area contributed by atoms with Gasteiger partial charge in [0.25, 0.3) is 0 Å². The monoisotopic (exact) mass is 666 g/mol. The molecule has 1 aliphatic heterocycles. The van der Waals surface area contributed by atoms with E-state index >= 15 is 0 Å². The average Bonchev–Trinajstić information content (AvgIpc) is 3.23. The first-order valence-corrected chi connectivity index (χ1v) is 17.2. The van der Waals surface area contributed by atoms with E-state index < -0.39 is 5.41 Å². The summed E-state index contributed by atoms with van der Waals surface area (Å²) < 4.78 is 6.91. The topological polar surface area (TPSA) is 71.7 Å². The smallest absolute Gasteiger partial charge is 0.167 e. The van der Waals surface area contributed by atoms with Gasteiger partial charge in [0.05, 0.1) is 22.6 Å². The van der Waals surface area contributed by atoms with Crippen LogP contribution in [-0.2, 0) is 5.41 Å². The third kappa shape index (κ3) is 5.22. The lowest BCUT2D eigenvalue weighted by Gasteiger charge is -2.42. The van der Waals surface area contributed by atoms with Gasteiger partial charge in [0.15, 0.2) is 17.5 Å². The molecule has 7 aromatic carbocycles. The van der Waals surface area contributed by atoms with Crippen molar-refractivity contribution in [2.24, 2.45) is 0 Å². The van der Waals surface area contributed by atoms with Gasteiger partial charge in [-0.1, -0.05) is 146 Å². The van der Waals surface area contributed by atoms with Crippen LogP contribution >= 0.6 is 0 Å². The van der Waals surface area contributed by atoms with E-state index in [0.717, 1.165) is 55.8 Å². The van der Waals surface area contributed by atoms with Crippen molar-refractivity contribution in [2.75, 3.05) is 0 Å². The van der Waals surface area contributed by atoms with E-state index in [1.807, 2.05) is 72.8 Å². The highest BCUT2D eigenvalue weighted by atomic mass is 16.5. The summed E-state index contributed by atoms with van der Waals surface area (Å²) in [7, 11) is 0. The molecular formula is C47H30N4O. The molecule has 0 amide bonds. The first-order valence-electron chi connectivity index (χ1n) is 17.2. The standard InChI is InChI=1S/C47H30N4O/c48-31-32-23-25-35(26-24-32)44-49-45(36-29-27-34(28-30-36)33-13-4-1-5-14-33)51-46(50-44)39-19-12-21-41-43(39)52-42-22-11-10-20-40(42)47(41,37-15-6-2-7-16-37)38-17-8-3-9-18-38/h1-30H. The molecule has 244 valence electrons. The summed E-state index contributed by atoms with van der Waals surface area (Å²) in [4.78, 5) is 15.2. The van der Waals surface area contributed by atoms with Crippen LogP contribution in [0.25, 0.3) is 45.3 Å². The van der Waals surface area contributed by atoms with Gasteiger partial charge in [0, 0.05) is 22.3 Å². The zero-order chi connectivity index (χ0) is 34.9. The molecule has 9 rings (SSSR count). The van der Waals surface area contributed by atoms with Crippen LogP contribution in [0.1, 0.15) is 27.8 Å². The van der Waals surface area contributed by atoms with Gasteiger partial charge >= 0.3 is 0 Å². The summed E-state index contributed by atoms with van der Waals surface area (Å²) in [5.41, 5.74) is 8.83. The highest BCUT2D eigenvalue weighted by Gasteiger charge is 2.46. The quantitative estimate of drug-likeness (QED) is 0.177. The largest absolute Gasteiger partial charge is 0.456 e. The number of para-hydroxylation sites is 2. The summed E-state index contributed by atoms with van der Waals surface area (Å²) in [6, 6.07) is 63.8. The fraction of sp³-hybridized carbons (Fsp3) is 0.0213. The summed E-state index contributed by atoms with van der Waals surface area (Å²) in [6.07, 6.45) is 0. The minimum absolute atomic E-state index is 0.489. The molecule has 0 fully saturated rings. The van der Waals surface area contributed by atoms with Crippen molar-refractivity contribution in [1.82, 2.24) is 15.0 Å². The summed E-state index contributed by atoms with van der Waals surface area (Å²) in [5.74, 6) is 2.99. The Morgan fingerprint density at radius 2 is 0.904 bits per heavy atom. The van der Waals surface area contributed by atoms with Crippen molar-refractivity contribution in [3.8, 4) is 62.9 Å². The van der Waals surface area contributed by atoms with Crippen molar-refractivity contribution in [3.63, 3.8) is 0 Å². The number of benzene rings is 7. The van der Waals surface area contributed by atoms with Gasteiger partial charge in [-0.25, -0.2) is 15.0 Å². The number of hydrogen-bond acceptors (Lipinski definition) is 5. The van der Waals surface area contributed by atoms with Crippen LogP contribution in [0, 0.1) is 11.3 Å². The molecule has 0 saturated carbocycles. The Morgan fingerprint density at radius 1 is 0.423 bits per heavy atom. The molecule has 0 unspecified atom stereocenters. The number of rotatable bonds is 6. The maximum atomic E-state index is 9.47. The normalized spacial score (nSPS) is 12.5. The van der Waals surface area contributed by atoms with Gasteiger partial charge in [0.1, 0.15) is 11.5 Å². The third-order valence-corrected chi connectivity index (χ3v) is 9.73. The lowest BCUT2D eigenvalue weighted by Crippen LogP contribution is -2.34. The van der Waals surface area contributed by atoms with Crippen molar-refractivity contribution < 1.29 is 4.74 Å². The van der Waals surface area contributed by atoms with Crippen molar-refractivity contribution >= 4 is 0 Å².